The molecule has 2 aromatic rings. The van der Waals surface area contributed by atoms with E-state index in [0.717, 1.165) is 19.6 Å². The van der Waals surface area contributed by atoms with Crippen LogP contribution in [0.3, 0.4) is 0 Å². The first-order valence-electron chi connectivity index (χ1n) is 7.76. The molecule has 2 atom stereocenters. The lowest BCUT2D eigenvalue weighted by molar-refractivity contribution is -0.141. The van der Waals surface area contributed by atoms with Crippen molar-refractivity contribution in [3.8, 4) is 0 Å². The van der Waals surface area contributed by atoms with E-state index in [1.54, 1.807) is 0 Å². The van der Waals surface area contributed by atoms with Gasteiger partial charge >= 0.3 is 5.97 Å². The molecular formula is C19H19NO2. The highest BCUT2D eigenvalue weighted by atomic mass is 16.5. The van der Waals surface area contributed by atoms with Gasteiger partial charge in [-0.3, -0.25) is 9.69 Å². The van der Waals surface area contributed by atoms with E-state index in [-0.39, 0.29) is 17.3 Å². The van der Waals surface area contributed by atoms with Gasteiger partial charge in [-0.2, -0.15) is 0 Å². The summed E-state index contributed by atoms with van der Waals surface area (Å²) in [5.41, 5.74) is 2.34. The molecule has 0 spiro atoms. The summed E-state index contributed by atoms with van der Waals surface area (Å²) in [5, 5.41) is 0. The van der Waals surface area contributed by atoms with E-state index < -0.39 is 0 Å². The first kappa shape index (κ1) is 13.5. The van der Waals surface area contributed by atoms with Crippen molar-refractivity contribution < 1.29 is 9.53 Å². The van der Waals surface area contributed by atoms with Crippen LogP contribution < -0.4 is 0 Å². The van der Waals surface area contributed by atoms with Crippen LogP contribution in [0.25, 0.3) is 0 Å². The third-order valence-corrected chi connectivity index (χ3v) is 4.97. The molecule has 2 heterocycles. The van der Waals surface area contributed by atoms with Gasteiger partial charge in [0.25, 0.3) is 0 Å². The van der Waals surface area contributed by atoms with Gasteiger partial charge in [0.15, 0.2) is 0 Å². The number of esters is 1. The Hall–Kier alpha value is -2.13. The Bertz CT molecular complexity index is 670. The standard InChI is InChI=1S/C19H19NO2/c21-18-17-12-20(11-15-7-3-1-4-8-15)13-19(17,14-22-18)16-9-5-2-6-10-16/h1-10,17H,11-14H2. The van der Waals surface area contributed by atoms with Crippen molar-refractivity contribution in [1.82, 2.24) is 4.90 Å². The van der Waals surface area contributed by atoms with Crippen LogP contribution >= 0.6 is 0 Å². The third-order valence-electron chi connectivity index (χ3n) is 4.97. The van der Waals surface area contributed by atoms with Gasteiger partial charge in [0, 0.05) is 19.6 Å². The van der Waals surface area contributed by atoms with Gasteiger partial charge in [0.1, 0.15) is 6.61 Å². The summed E-state index contributed by atoms with van der Waals surface area (Å²) in [6.07, 6.45) is 0. The summed E-state index contributed by atoms with van der Waals surface area (Å²) in [5.74, 6) is -0.0852. The van der Waals surface area contributed by atoms with E-state index in [2.05, 4.69) is 41.3 Å². The van der Waals surface area contributed by atoms with Crippen LogP contribution in [0.15, 0.2) is 60.7 Å². The Morgan fingerprint density at radius 3 is 2.45 bits per heavy atom. The second-order valence-electron chi connectivity index (χ2n) is 6.34. The summed E-state index contributed by atoms with van der Waals surface area (Å²) in [6, 6.07) is 20.8. The van der Waals surface area contributed by atoms with Crippen LogP contribution in [0, 0.1) is 5.92 Å². The number of carbonyl (C=O) groups is 1. The third kappa shape index (κ3) is 2.13. The Morgan fingerprint density at radius 2 is 1.73 bits per heavy atom. The molecule has 3 nitrogen and oxygen atoms in total. The number of likely N-dealkylation sites (tertiary alicyclic amines) is 1. The number of ether oxygens (including phenoxy) is 1. The van der Waals surface area contributed by atoms with Crippen LogP contribution in [0.1, 0.15) is 11.1 Å². The summed E-state index contributed by atoms with van der Waals surface area (Å²) < 4.78 is 5.41. The normalized spacial score (nSPS) is 27.6. The van der Waals surface area contributed by atoms with Crippen molar-refractivity contribution in [2.45, 2.75) is 12.0 Å². The molecule has 2 fully saturated rings. The SMILES string of the molecule is O=C1OCC2(c3ccccc3)CN(Cc3ccccc3)CC12. The molecular weight excluding hydrogens is 274 g/mol. The highest BCUT2D eigenvalue weighted by molar-refractivity contribution is 5.78. The molecule has 4 rings (SSSR count). The number of carbonyl (C=O) groups excluding carboxylic acids is 1. The van der Waals surface area contributed by atoms with E-state index in [1.807, 2.05) is 24.3 Å². The van der Waals surface area contributed by atoms with E-state index in [4.69, 9.17) is 4.74 Å². The minimum Gasteiger partial charge on any atom is -0.464 e. The van der Waals surface area contributed by atoms with Gasteiger partial charge in [-0.15, -0.1) is 0 Å². The number of nitrogens with zero attached hydrogens (tertiary/aromatic N) is 1. The van der Waals surface area contributed by atoms with Gasteiger partial charge in [-0.25, -0.2) is 0 Å². The molecule has 0 radical (unpaired) electrons. The van der Waals surface area contributed by atoms with Crippen molar-refractivity contribution in [3.05, 3.63) is 71.8 Å². The fourth-order valence-electron chi connectivity index (χ4n) is 3.86. The lowest BCUT2D eigenvalue weighted by Crippen LogP contribution is -2.35. The Labute approximate surface area is 130 Å². The highest BCUT2D eigenvalue weighted by Gasteiger charge is 2.56. The number of hydrogen-bond donors (Lipinski definition) is 0. The fraction of sp³-hybridized carbons (Fsp3) is 0.316. The smallest absolute Gasteiger partial charge is 0.311 e. The maximum atomic E-state index is 12.2. The van der Waals surface area contributed by atoms with Crippen LogP contribution in [0.2, 0.25) is 0 Å². The average molecular weight is 293 g/mol. The number of fused-ring (bicyclic) bond motifs is 1. The molecule has 2 aliphatic heterocycles. The minimum absolute atomic E-state index is 0.0422. The quantitative estimate of drug-likeness (QED) is 0.815. The zero-order valence-electron chi connectivity index (χ0n) is 12.4. The van der Waals surface area contributed by atoms with E-state index in [1.165, 1.54) is 11.1 Å². The van der Waals surface area contributed by atoms with Gasteiger partial charge in [-0.1, -0.05) is 60.7 Å². The van der Waals surface area contributed by atoms with Crippen LogP contribution in [0.5, 0.6) is 0 Å². The monoisotopic (exact) mass is 293 g/mol. The molecule has 2 aliphatic rings. The first-order valence-corrected chi connectivity index (χ1v) is 7.76. The van der Waals surface area contributed by atoms with Gasteiger partial charge < -0.3 is 4.74 Å². The van der Waals surface area contributed by atoms with Gasteiger partial charge in [0.05, 0.1) is 11.3 Å². The highest BCUT2D eigenvalue weighted by Crippen LogP contribution is 2.44. The van der Waals surface area contributed by atoms with Crippen molar-refractivity contribution >= 4 is 5.97 Å². The maximum absolute atomic E-state index is 12.2. The molecule has 0 N–H and O–H groups in total. The number of cyclic esters (lactones) is 1. The maximum Gasteiger partial charge on any atom is 0.311 e. The van der Waals surface area contributed by atoms with Gasteiger partial charge in [-0.05, 0) is 11.1 Å². The zero-order valence-corrected chi connectivity index (χ0v) is 12.4. The molecule has 0 aliphatic carbocycles. The number of rotatable bonds is 3. The predicted molar refractivity (Wildman–Crippen MR) is 84.3 cm³/mol. The number of benzene rings is 2. The van der Waals surface area contributed by atoms with E-state index >= 15 is 0 Å². The minimum atomic E-state index is -0.173. The molecule has 22 heavy (non-hydrogen) atoms. The summed E-state index contributed by atoms with van der Waals surface area (Å²) in [6.45, 7) is 3.05. The molecule has 3 heteroatoms. The first-order chi connectivity index (χ1) is 10.8. The van der Waals surface area contributed by atoms with Gasteiger partial charge in [0.2, 0.25) is 0 Å². The summed E-state index contributed by atoms with van der Waals surface area (Å²) in [4.78, 5) is 14.6. The lowest BCUT2D eigenvalue weighted by Gasteiger charge is -2.26. The zero-order chi connectivity index (χ0) is 15.0. The lowest BCUT2D eigenvalue weighted by atomic mass is 9.75. The topological polar surface area (TPSA) is 29.5 Å². The van der Waals surface area contributed by atoms with Crippen molar-refractivity contribution in [3.63, 3.8) is 0 Å². The molecule has 2 aromatic carbocycles. The predicted octanol–water partition coefficient (Wildman–Crippen LogP) is 2.61. The second-order valence-corrected chi connectivity index (χ2v) is 6.34. The molecule has 2 saturated heterocycles. The van der Waals surface area contributed by atoms with Crippen molar-refractivity contribution in [1.29, 1.82) is 0 Å². The number of hydrogen-bond acceptors (Lipinski definition) is 3. The largest absolute Gasteiger partial charge is 0.464 e. The van der Waals surface area contributed by atoms with Crippen LogP contribution in [-0.4, -0.2) is 30.6 Å². The molecule has 0 amide bonds. The Kier molecular flexibility index (Phi) is 3.23. The second kappa shape index (κ2) is 5.25. The van der Waals surface area contributed by atoms with E-state index in [0.29, 0.717) is 6.61 Å². The fourth-order valence-corrected chi connectivity index (χ4v) is 3.86. The molecule has 0 saturated carbocycles. The average Bonchev–Trinajstić information content (AvgIpc) is 3.08. The Balaban J connectivity index is 1.62. The molecule has 0 aromatic heterocycles. The molecule has 112 valence electrons. The summed E-state index contributed by atoms with van der Waals surface area (Å²) >= 11 is 0. The van der Waals surface area contributed by atoms with Crippen LogP contribution in [-0.2, 0) is 21.5 Å². The van der Waals surface area contributed by atoms with E-state index in [9.17, 15) is 4.79 Å². The molecule has 0 bridgehead atoms. The van der Waals surface area contributed by atoms with Crippen molar-refractivity contribution in [2.24, 2.45) is 5.92 Å². The van der Waals surface area contributed by atoms with Crippen LogP contribution in [0.4, 0.5) is 0 Å². The Morgan fingerprint density at radius 1 is 1.05 bits per heavy atom. The summed E-state index contributed by atoms with van der Waals surface area (Å²) in [7, 11) is 0. The molecule has 2 unspecified atom stereocenters. The van der Waals surface area contributed by atoms with Crippen molar-refractivity contribution in [2.75, 3.05) is 19.7 Å².